The van der Waals surface area contributed by atoms with Gasteiger partial charge < -0.3 is 5.32 Å². The van der Waals surface area contributed by atoms with Gasteiger partial charge in [0, 0.05) is 26.5 Å². The van der Waals surface area contributed by atoms with Gasteiger partial charge in [-0.3, -0.25) is 0 Å². The maximum atomic E-state index is 3.51. The van der Waals surface area contributed by atoms with Crippen molar-refractivity contribution in [3.05, 3.63) is 50.1 Å². The highest BCUT2D eigenvalue weighted by Crippen LogP contribution is 2.30. The van der Waals surface area contributed by atoms with Crippen molar-refractivity contribution in [1.29, 1.82) is 0 Å². The molecule has 0 bridgehead atoms. The van der Waals surface area contributed by atoms with Crippen molar-refractivity contribution in [2.24, 2.45) is 0 Å². The van der Waals surface area contributed by atoms with E-state index in [0.29, 0.717) is 0 Å². The summed E-state index contributed by atoms with van der Waals surface area (Å²) in [5.74, 6) is 0. The molecule has 3 heteroatoms. The summed E-state index contributed by atoms with van der Waals surface area (Å²) in [5.41, 5.74) is 2.71. The molecule has 0 fully saturated rings. The Bertz CT molecular complexity index is 566. The third kappa shape index (κ3) is 3.83. The molecule has 1 N–H and O–H groups in total. The number of halogens is 1. The van der Waals surface area contributed by atoms with Crippen LogP contribution >= 0.6 is 27.3 Å². The average molecular weight is 338 g/mol. The normalized spacial score (nSPS) is 11.6. The molecule has 2 aromatic rings. The third-order valence-electron chi connectivity index (χ3n) is 3.04. The predicted octanol–water partition coefficient (Wildman–Crippen LogP) is 5.73. The van der Waals surface area contributed by atoms with E-state index in [1.807, 2.05) is 11.3 Å². The molecule has 1 aromatic carbocycles. The van der Waals surface area contributed by atoms with Gasteiger partial charge in [-0.05, 0) is 48.2 Å². The molecule has 102 valence electrons. The molecule has 0 aliphatic carbocycles. The SMILES string of the molecule is Cc1cc(Br)ccc1NCc1ccc(C(C)(C)C)s1. The number of hydrogen-bond donors (Lipinski definition) is 1. The summed E-state index contributed by atoms with van der Waals surface area (Å²) < 4.78 is 1.13. The van der Waals surface area contributed by atoms with Crippen LogP contribution in [0, 0.1) is 6.92 Å². The number of nitrogens with one attached hydrogen (secondary N) is 1. The Morgan fingerprint density at radius 3 is 2.47 bits per heavy atom. The molecule has 0 saturated heterocycles. The molecule has 0 atom stereocenters. The Kier molecular flexibility index (Phi) is 4.36. The van der Waals surface area contributed by atoms with Crippen molar-refractivity contribution in [2.45, 2.75) is 39.7 Å². The molecule has 1 heterocycles. The van der Waals surface area contributed by atoms with E-state index in [1.54, 1.807) is 0 Å². The zero-order valence-corrected chi connectivity index (χ0v) is 14.3. The van der Waals surface area contributed by atoms with Crippen LogP contribution in [0.25, 0.3) is 0 Å². The second-order valence-corrected chi connectivity index (χ2v) is 7.91. The molecule has 19 heavy (non-hydrogen) atoms. The van der Waals surface area contributed by atoms with E-state index >= 15 is 0 Å². The Hall–Kier alpha value is -0.800. The van der Waals surface area contributed by atoms with Crippen LogP contribution in [0.5, 0.6) is 0 Å². The van der Waals surface area contributed by atoms with Crippen LogP contribution in [0.1, 0.15) is 36.1 Å². The largest absolute Gasteiger partial charge is 0.380 e. The van der Waals surface area contributed by atoms with Crippen LogP contribution in [-0.2, 0) is 12.0 Å². The lowest BCUT2D eigenvalue weighted by Crippen LogP contribution is -2.07. The molecule has 1 nitrogen and oxygen atoms in total. The molecule has 0 radical (unpaired) electrons. The number of rotatable bonds is 3. The molecule has 0 unspecified atom stereocenters. The molecule has 1 aromatic heterocycles. The second kappa shape index (κ2) is 5.68. The predicted molar refractivity (Wildman–Crippen MR) is 89.2 cm³/mol. The van der Waals surface area contributed by atoms with Crippen LogP contribution in [0.3, 0.4) is 0 Å². The van der Waals surface area contributed by atoms with Gasteiger partial charge in [-0.15, -0.1) is 11.3 Å². The maximum absolute atomic E-state index is 3.51. The summed E-state index contributed by atoms with van der Waals surface area (Å²) >= 11 is 5.39. The van der Waals surface area contributed by atoms with E-state index in [0.717, 1.165) is 11.0 Å². The highest BCUT2D eigenvalue weighted by Gasteiger charge is 2.15. The summed E-state index contributed by atoms with van der Waals surface area (Å²) in [6.07, 6.45) is 0. The Balaban J connectivity index is 2.04. The van der Waals surface area contributed by atoms with Crippen LogP contribution < -0.4 is 5.32 Å². The monoisotopic (exact) mass is 337 g/mol. The van der Waals surface area contributed by atoms with E-state index in [1.165, 1.54) is 21.0 Å². The van der Waals surface area contributed by atoms with Gasteiger partial charge >= 0.3 is 0 Å². The first-order valence-electron chi connectivity index (χ1n) is 6.45. The van der Waals surface area contributed by atoms with Crippen molar-refractivity contribution in [2.75, 3.05) is 5.32 Å². The quantitative estimate of drug-likeness (QED) is 0.754. The van der Waals surface area contributed by atoms with Crippen LogP contribution in [0.4, 0.5) is 5.69 Å². The van der Waals surface area contributed by atoms with E-state index < -0.39 is 0 Å². The van der Waals surface area contributed by atoms with Crippen LogP contribution in [0.15, 0.2) is 34.8 Å². The Morgan fingerprint density at radius 2 is 1.89 bits per heavy atom. The molecular weight excluding hydrogens is 318 g/mol. The second-order valence-electron chi connectivity index (χ2n) is 5.83. The lowest BCUT2D eigenvalue weighted by Gasteiger charge is -2.15. The van der Waals surface area contributed by atoms with Crippen molar-refractivity contribution in [3.8, 4) is 0 Å². The molecular formula is C16H20BrNS. The molecule has 0 aliphatic heterocycles. The van der Waals surface area contributed by atoms with Gasteiger partial charge in [0.15, 0.2) is 0 Å². The van der Waals surface area contributed by atoms with Crippen molar-refractivity contribution < 1.29 is 0 Å². The third-order valence-corrected chi connectivity index (χ3v) is 5.05. The van der Waals surface area contributed by atoms with Crippen LogP contribution in [0.2, 0.25) is 0 Å². The fraction of sp³-hybridized carbons (Fsp3) is 0.375. The summed E-state index contributed by atoms with van der Waals surface area (Å²) in [5, 5.41) is 3.51. The standard InChI is InChI=1S/C16H20BrNS/c1-11-9-12(17)5-7-14(11)18-10-13-6-8-15(19-13)16(2,3)4/h5-9,18H,10H2,1-4H3. The minimum absolute atomic E-state index is 0.246. The van der Waals surface area contributed by atoms with Crippen molar-refractivity contribution >= 4 is 33.0 Å². The fourth-order valence-electron chi connectivity index (χ4n) is 1.88. The Morgan fingerprint density at radius 1 is 1.16 bits per heavy atom. The first kappa shape index (κ1) is 14.6. The van der Waals surface area contributed by atoms with E-state index in [9.17, 15) is 0 Å². The highest BCUT2D eigenvalue weighted by molar-refractivity contribution is 9.10. The highest BCUT2D eigenvalue weighted by atomic mass is 79.9. The van der Waals surface area contributed by atoms with E-state index in [-0.39, 0.29) is 5.41 Å². The van der Waals surface area contributed by atoms with Gasteiger partial charge in [-0.2, -0.15) is 0 Å². The number of thiophene rings is 1. The first-order chi connectivity index (χ1) is 8.86. The van der Waals surface area contributed by atoms with Crippen LogP contribution in [-0.4, -0.2) is 0 Å². The molecule has 0 spiro atoms. The van der Waals surface area contributed by atoms with Crippen molar-refractivity contribution in [3.63, 3.8) is 0 Å². The summed E-state index contributed by atoms with van der Waals surface area (Å²) in [7, 11) is 0. The first-order valence-corrected chi connectivity index (χ1v) is 8.06. The van der Waals surface area contributed by atoms with E-state index in [4.69, 9.17) is 0 Å². The molecule has 0 amide bonds. The van der Waals surface area contributed by atoms with E-state index in [2.05, 4.69) is 79.3 Å². The summed E-state index contributed by atoms with van der Waals surface area (Å²) in [6, 6.07) is 10.8. The number of benzene rings is 1. The lowest BCUT2D eigenvalue weighted by atomic mass is 9.95. The van der Waals surface area contributed by atoms with Gasteiger partial charge in [0.2, 0.25) is 0 Å². The van der Waals surface area contributed by atoms with Crippen molar-refractivity contribution in [1.82, 2.24) is 0 Å². The average Bonchev–Trinajstić information content (AvgIpc) is 2.76. The minimum Gasteiger partial charge on any atom is -0.380 e. The van der Waals surface area contributed by atoms with Gasteiger partial charge in [-0.1, -0.05) is 36.7 Å². The molecule has 2 rings (SSSR count). The number of anilines is 1. The Labute approximate surface area is 128 Å². The van der Waals surface area contributed by atoms with Gasteiger partial charge in [0.1, 0.15) is 0 Å². The van der Waals surface area contributed by atoms with Gasteiger partial charge in [0.25, 0.3) is 0 Å². The minimum atomic E-state index is 0.246. The zero-order valence-electron chi connectivity index (χ0n) is 11.9. The summed E-state index contributed by atoms with van der Waals surface area (Å²) in [4.78, 5) is 2.82. The summed E-state index contributed by atoms with van der Waals surface area (Å²) in [6.45, 7) is 9.80. The smallest absolute Gasteiger partial charge is 0.0494 e. The lowest BCUT2D eigenvalue weighted by molar-refractivity contribution is 0.604. The topological polar surface area (TPSA) is 12.0 Å². The fourth-order valence-corrected chi connectivity index (χ4v) is 3.36. The van der Waals surface area contributed by atoms with Gasteiger partial charge in [0.05, 0.1) is 0 Å². The van der Waals surface area contributed by atoms with Gasteiger partial charge in [-0.25, -0.2) is 0 Å². The number of hydrogen-bond acceptors (Lipinski definition) is 2. The molecule has 0 saturated carbocycles. The number of aryl methyl sites for hydroxylation is 1. The maximum Gasteiger partial charge on any atom is 0.0494 e. The molecule has 0 aliphatic rings. The zero-order chi connectivity index (χ0) is 14.0.